The van der Waals surface area contributed by atoms with Crippen LogP contribution in [0.3, 0.4) is 0 Å². The molecule has 2 N–H and O–H groups in total. The predicted molar refractivity (Wildman–Crippen MR) is 207 cm³/mol. The number of alkyl halides is 6. The maximum atomic E-state index is 14.2. The molecule has 0 aromatic heterocycles. The van der Waals surface area contributed by atoms with Gasteiger partial charge in [-0.25, -0.2) is 19.4 Å². The third-order valence-electron chi connectivity index (χ3n) is 10.4. The summed E-state index contributed by atoms with van der Waals surface area (Å²) in [4.78, 5) is 80.8. The Balaban J connectivity index is 1.31. The summed E-state index contributed by atoms with van der Waals surface area (Å²) in [6.07, 6.45) is -10.4. The summed E-state index contributed by atoms with van der Waals surface area (Å²) in [5.74, 6) is -8.44. The highest BCUT2D eigenvalue weighted by molar-refractivity contribution is 6.57. The number of carboxylic acid groups (broad SMARTS) is 2. The van der Waals surface area contributed by atoms with Gasteiger partial charge in [-0.1, -0.05) is 46.4 Å². The second-order valence-corrected chi connectivity index (χ2v) is 15.2. The molecule has 20 heteroatoms. The highest BCUT2D eigenvalue weighted by atomic mass is 35.5. The number of carbonyl (C=O) groups excluding carboxylic acids is 4. The Labute approximate surface area is 347 Å². The fourth-order valence-corrected chi connectivity index (χ4v) is 9.31. The smallest absolute Gasteiger partial charge is 0.417 e. The topological polar surface area (TPSA) is 149 Å². The highest BCUT2D eigenvalue weighted by Crippen LogP contribution is 2.54. The maximum Gasteiger partial charge on any atom is 0.417 e. The van der Waals surface area contributed by atoms with Crippen molar-refractivity contribution in [3.8, 4) is 0 Å². The van der Waals surface area contributed by atoms with Gasteiger partial charge in [-0.3, -0.25) is 19.2 Å². The lowest BCUT2D eigenvalue weighted by atomic mass is 9.82. The zero-order valence-electron chi connectivity index (χ0n) is 28.8. The number of halogens is 10. The van der Waals surface area contributed by atoms with Crippen LogP contribution in [0.15, 0.2) is 60.7 Å². The van der Waals surface area contributed by atoms with Crippen molar-refractivity contribution >= 4 is 136 Å². The first kappa shape index (κ1) is 39.3. The first-order valence-corrected chi connectivity index (χ1v) is 18.2. The van der Waals surface area contributed by atoms with E-state index < -0.39 is 81.5 Å². The zero-order valence-corrected chi connectivity index (χ0v) is 31.8. The molecule has 2 aliphatic rings. The van der Waals surface area contributed by atoms with E-state index in [0.717, 1.165) is 36.4 Å². The summed E-state index contributed by atoms with van der Waals surface area (Å²) in [5.41, 5.74) is -7.98. The molecule has 0 unspecified atom stereocenters. The number of anilines is 2. The van der Waals surface area contributed by atoms with Crippen LogP contribution in [0.2, 0.25) is 20.1 Å². The number of carboxylic acids is 2. The Morgan fingerprint density at radius 1 is 0.433 bits per heavy atom. The van der Waals surface area contributed by atoms with Gasteiger partial charge in [-0.2, -0.15) is 26.3 Å². The molecule has 0 radical (unpaired) electrons. The number of amides is 4. The lowest BCUT2D eigenvalue weighted by molar-refractivity contribution is -0.138. The van der Waals surface area contributed by atoms with Crippen molar-refractivity contribution < 1.29 is 65.3 Å². The third-order valence-corrected chi connectivity index (χ3v) is 11.6. The highest BCUT2D eigenvalue weighted by Gasteiger charge is 2.43. The first-order valence-electron chi connectivity index (χ1n) is 16.7. The van der Waals surface area contributed by atoms with Crippen LogP contribution in [-0.2, 0) is 12.4 Å². The molecule has 60 heavy (non-hydrogen) atoms. The molecular weight excluding hydrogens is 892 g/mol. The maximum absolute atomic E-state index is 14.2. The molecule has 0 atom stereocenters. The van der Waals surface area contributed by atoms with E-state index in [1.165, 1.54) is 0 Å². The average molecular weight is 904 g/mol. The molecule has 0 spiro atoms. The summed E-state index contributed by atoms with van der Waals surface area (Å²) in [6.45, 7) is 0. The molecule has 0 fully saturated rings. The quantitative estimate of drug-likeness (QED) is 0.0767. The molecule has 0 bridgehead atoms. The van der Waals surface area contributed by atoms with Crippen molar-refractivity contribution in [1.29, 1.82) is 0 Å². The number of hydrogen-bond acceptors (Lipinski definition) is 6. The Kier molecular flexibility index (Phi) is 8.28. The van der Waals surface area contributed by atoms with Crippen LogP contribution < -0.4 is 9.80 Å². The lowest BCUT2D eigenvalue weighted by Crippen LogP contribution is -2.41. The Hall–Kier alpha value is -6.20. The van der Waals surface area contributed by atoms with E-state index in [4.69, 9.17) is 46.4 Å². The van der Waals surface area contributed by atoms with Crippen LogP contribution in [0.5, 0.6) is 0 Å². The summed E-state index contributed by atoms with van der Waals surface area (Å²) < 4.78 is 84.0. The van der Waals surface area contributed by atoms with Gasteiger partial charge >= 0.3 is 24.3 Å². The number of hydrogen-bond donors (Lipinski definition) is 2. The normalized spacial score (nSPS) is 14.5. The summed E-state index contributed by atoms with van der Waals surface area (Å²) in [6, 6.07) is 8.06. The van der Waals surface area contributed by atoms with E-state index >= 15 is 0 Å². The van der Waals surface area contributed by atoms with Crippen molar-refractivity contribution in [2.24, 2.45) is 0 Å². The van der Waals surface area contributed by atoms with Gasteiger partial charge in [0, 0.05) is 63.2 Å². The van der Waals surface area contributed by atoms with Crippen molar-refractivity contribution in [3.05, 3.63) is 125 Å². The average Bonchev–Trinajstić information content (AvgIpc) is 3.16. The molecule has 2 aliphatic heterocycles. The van der Waals surface area contributed by atoms with Crippen LogP contribution in [-0.4, -0.2) is 45.8 Å². The minimum absolute atomic E-state index is 0.0335. The second-order valence-electron chi connectivity index (χ2n) is 13.6. The minimum atomic E-state index is -5.21. The molecule has 9 rings (SSSR count). The molecule has 7 aromatic rings. The molecule has 10 nitrogen and oxygen atoms in total. The molecule has 300 valence electrons. The van der Waals surface area contributed by atoms with Crippen LogP contribution in [0.25, 0.3) is 43.1 Å². The fraction of sp³-hybridized carbons (Fsp3) is 0.0500. The summed E-state index contributed by atoms with van der Waals surface area (Å²) in [7, 11) is 0. The number of imide groups is 2. The van der Waals surface area contributed by atoms with E-state index in [-0.39, 0.29) is 85.4 Å². The van der Waals surface area contributed by atoms with Crippen LogP contribution >= 0.6 is 46.4 Å². The van der Waals surface area contributed by atoms with Crippen molar-refractivity contribution in [2.45, 2.75) is 12.4 Å². The third kappa shape index (κ3) is 5.23. The second kappa shape index (κ2) is 12.7. The Bertz CT molecular complexity index is 2950. The Morgan fingerprint density at radius 2 is 0.700 bits per heavy atom. The molecule has 0 saturated carbocycles. The van der Waals surface area contributed by atoms with E-state index in [9.17, 15) is 65.3 Å². The fourth-order valence-electron chi connectivity index (χ4n) is 8.11. The van der Waals surface area contributed by atoms with Crippen molar-refractivity contribution in [2.75, 3.05) is 9.80 Å². The van der Waals surface area contributed by atoms with Crippen LogP contribution in [0, 0.1) is 0 Å². The number of carbonyl (C=O) groups is 6. The number of fused-ring (bicyclic) bond motifs is 2. The van der Waals surface area contributed by atoms with Gasteiger partial charge in [0.25, 0.3) is 23.6 Å². The molecule has 4 amide bonds. The number of benzene rings is 7. The number of nitrogens with zero attached hydrogens (tertiary/aromatic N) is 2. The lowest BCUT2D eigenvalue weighted by Gasteiger charge is -2.31. The van der Waals surface area contributed by atoms with Crippen molar-refractivity contribution in [1.82, 2.24) is 0 Å². The molecule has 2 heterocycles. The zero-order chi connectivity index (χ0) is 43.4. The van der Waals surface area contributed by atoms with E-state index in [1.54, 1.807) is 0 Å². The van der Waals surface area contributed by atoms with Gasteiger partial charge in [0.05, 0.1) is 55.9 Å². The van der Waals surface area contributed by atoms with Gasteiger partial charge in [-0.15, -0.1) is 0 Å². The van der Waals surface area contributed by atoms with Gasteiger partial charge in [0.2, 0.25) is 0 Å². The largest absolute Gasteiger partial charge is 0.478 e. The summed E-state index contributed by atoms with van der Waals surface area (Å²) in [5, 5.41) is 17.9. The Morgan fingerprint density at radius 3 is 0.933 bits per heavy atom. The van der Waals surface area contributed by atoms with Crippen LogP contribution in [0.1, 0.15) is 73.3 Å². The molecule has 7 aromatic carbocycles. The van der Waals surface area contributed by atoms with Gasteiger partial charge < -0.3 is 10.2 Å². The monoisotopic (exact) mass is 902 g/mol. The minimum Gasteiger partial charge on any atom is -0.478 e. The van der Waals surface area contributed by atoms with E-state index in [1.807, 2.05) is 0 Å². The number of rotatable bonds is 4. The standard InChI is InChI=1S/C40H12Cl4F6N2O8/c41-21-7-15-25-16(34(54)51(33(15)53)11-1-3-13(37(57)58)19(5-11)39(45,46)47)8-22(42)28-30-24(44)10-18-26-17(9-23(43)29(32(26)30)27(21)31(25)28)35(55)52(36(18)56)12-2-4-14(38(59)60)20(6-12)40(48,49)50/h1-10H,(H,57,58)(H,59,60). The summed E-state index contributed by atoms with van der Waals surface area (Å²) >= 11 is 27.7. The van der Waals surface area contributed by atoms with Gasteiger partial charge in [0.15, 0.2) is 0 Å². The molecule has 0 saturated heterocycles. The molecular formula is C40H12Cl4F6N2O8. The number of aromatic carboxylic acids is 2. The van der Waals surface area contributed by atoms with Gasteiger partial charge in [0.1, 0.15) is 0 Å². The van der Waals surface area contributed by atoms with Gasteiger partial charge in [-0.05, 0) is 60.7 Å². The SMILES string of the molecule is O=C(O)c1ccc(N2C(=O)c3cc(Cl)c4c5c(Cl)cc6c7c(cc(Cl)c(c8c(Cl)cc(c3c48)C2=O)c75)C(=O)N(c2ccc(C(=O)O)c(C(F)(F)F)c2)C6=O)cc1C(F)(F)F. The van der Waals surface area contributed by atoms with Crippen molar-refractivity contribution in [3.63, 3.8) is 0 Å². The van der Waals surface area contributed by atoms with Crippen LogP contribution in [0.4, 0.5) is 37.7 Å². The first-order chi connectivity index (χ1) is 28.0. The predicted octanol–water partition coefficient (Wildman–Crippen LogP) is 11.4. The molecule has 0 aliphatic carbocycles. The van der Waals surface area contributed by atoms with E-state index in [2.05, 4.69) is 0 Å². The van der Waals surface area contributed by atoms with E-state index in [0.29, 0.717) is 34.1 Å².